The largest absolute Gasteiger partial charge is 0.497 e. The fourth-order valence-electron chi connectivity index (χ4n) is 5.05. The van der Waals surface area contributed by atoms with Gasteiger partial charge in [-0.1, -0.05) is 29.3 Å². The fourth-order valence-corrected chi connectivity index (χ4v) is 5.56. The molecule has 4 rings (SSSR count). The van der Waals surface area contributed by atoms with E-state index in [4.69, 9.17) is 57.0 Å². The van der Waals surface area contributed by atoms with Gasteiger partial charge in [0.05, 0.1) is 20.8 Å². The van der Waals surface area contributed by atoms with E-state index in [2.05, 4.69) is 5.32 Å². The van der Waals surface area contributed by atoms with Crippen LogP contribution in [0.2, 0.25) is 10.0 Å². The number of rotatable bonds is 14. The molecule has 0 unspecified atom stereocenters. The first-order valence-corrected chi connectivity index (χ1v) is 15.9. The molecule has 0 bridgehead atoms. The van der Waals surface area contributed by atoms with E-state index in [9.17, 15) is 9.59 Å². The maximum Gasteiger partial charge on any atom is 0.306 e. The molecule has 1 aliphatic heterocycles. The fraction of sp³-hybridized carbons (Fsp3) is 0.400. The third-order valence-corrected chi connectivity index (χ3v) is 7.83. The number of esters is 1. The Bertz CT molecular complexity index is 1570. The van der Waals surface area contributed by atoms with E-state index in [1.807, 2.05) is 0 Å². The summed E-state index contributed by atoms with van der Waals surface area (Å²) in [4.78, 5) is 32.4. The quantitative estimate of drug-likeness (QED) is 0.146. The molecule has 0 saturated heterocycles. The van der Waals surface area contributed by atoms with Crippen molar-refractivity contribution >= 4 is 41.0 Å². The van der Waals surface area contributed by atoms with E-state index in [-0.39, 0.29) is 36.9 Å². The number of amides is 1. The Morgan fingerprint density at radius 1 is 0.979 bits per heavy atom. The lowest BCUT2D eigenvalue weighted by Gasteiger charge is -2.31. The average molecular weight is 688 g/mol. The summed E-state index contributed by atoms with van der Waals surface area (Å²) in [5.41, 5.74) is -0.584. The molecule has 10 nitrogen and oxygen atoms in total. The smallest absolute Gasteiger partial charge is 0.306 e. The van der Waals surface area contributed by atoms with Crippen molar-refractivity contribution < 1.29 is 38.4 Å². The Balaban J connectivity index is 1.76. The van der Waals surface area contributed by atoms with Gasteiger partial charge in [0, 0.05) is 53.2 Å². The average Bonchev–Trinajstić information content (AvgIpc) is 3.42. The summed E-state index contributed by atoms with van der Waals surface area (Å²) < 4.78 is 28.5. The Morgan fingerprint density at radius 2 is 1.66 bits per heavy atom. The van der Waals surface area contributed by atoms with E-state index >= 15 is 0 Å². The lowest BCUT2D eigenvalue weighted by atomic mass is 9.83. The number of hydrogen-bond acceptors (Lipinski definition) is 9. The monoisotopic (exact) mass is 686 g/mol. The number of carbonyl (C=O) groups excluding carboxylic acids is 2. The Labute approximate surface area is 284 Å². The highest BCUT2D eigenvalue weighted by molar-refractivity contribution is 6.35. The topological polar surface area (TPSA) is 125 Å². The zero-order valence-electron chi connectivity index (χ0n) is 27.1. The number of benzene rings is 3. The predicted molar refractivity (Wildman–Crippen MR) is 180 cm³/mol. The normalized spacial score (nSPS) is 17.4. The number of hydrogen-bond donors (Lipinski definition) is 2. The summed E-state index contributed by atoms with van der Waals surface area (Å²) in [5.74, 6) is 0.930. The van der Waals surface area contributed by atoms with E-state index < -0.39 is 29.1 Å². The number of halogens is 2. The van der Waals surface area contributed by atoms with Crippen LogP contribution in [0.1, 0.15) is 62.8 Å². The van der Waals surface area contributed by atoms with Gasteiger partial charge < -0.3 is 34.1 Å². The Kier molecular flexibility index (Phi) is 12.0. The van der Waals surface area contributed by atoms with Gasteiger partial charge in [0.15, 0.2) is 11.6 Å². The standard InChI is InChI=1S/C35H40Cl2N2O8/c1-34(2,3)47-30(41)13-14-35(33(42)38-21-22-17-26(43-4)20-27(18-22)44-5)31(28-12-9-24(36)19-29(28)37)46-32(39-35)23-7-10-25(11-8-23)45-16-6-15-40/h7-12,17-20,31,40H,6,13-16,21H2,1-5H3,(H,38,42)/t31-,35-/m1/s1. The maximum absolute atomic E-state index is 14.5. The SMILES string of the molecule is COc1cc(CNC(=O)[C@]2(CCC(=O)OC(C)(C)C)N=C(c3ccc(OCCCO)cc3)O[C@@H]2c2ccc(Cl)cc2Cl)cc(OC)c1. The van der Waals surface area contributed by atoms with Gasteiger partial charge in [-0.05, 0) is 81.3 Å². The zero-order chi connectivity index (χ0) is 34.2. The minimum absolute atomic E-state index is 0.0240. The highest BCUT2D eigenvalue weighted by atomic mass is 35.5. The molecule has 2 N–H and O–H groups in total. The Morgan fingerprint density at radius 3 is 2.26 bits per heavy atom. The summed E-state index contributed by atoms with van der Waals surface area (Å²) in [6.07, 6.45) is -0.703. The first-order valence-electron chi connectivity index (χ1n) is 15.1. The van der Waals surface area contributed by atoms with Crippen LogP contribution in [0.5, 0.6) is 17.2 Å². The summed E-state index contributed by atoms with van der Waals surface area (Å²) in [5, 5.41) is 12.7. The van der Waals surface area contributed by atoms with Crippen LogP contribution in [0.3, 0.4) is 0 Å². The molecule has 47 heavy (non-hydrogen) atoms. The second-order valence-corrected chi connectivity index (χ2v) is 12.8. The van der Waals surface area contributed by atoms with Gasteiger partial charge in [0.25, 0.3) is 5.91 Å². The number of nitrogens with zero attached hydrogens (tertiary/aromatic N) is 1. The van der Waals surface area contributed by atoms with Crippen LogP contribution in [0, 0.1) is 0 Å². The van der Waals surface area contributed by atoms with Gasteiger partial charge in [0.1, 0.15) is 22.8 Å². The lowest BCUT2D eigenvalue weighted by Crippen LogP contribution is -2.48. The lowest BCUT2D eigenvalue weighted by molar-refractivity contribution is -0.155. The van der Waals surface area contributed by atoms with Gasteiger partial charge >= 0.3 is 5.97 Å². The van der Waals surface area contributed by atoms with Gasteiger partial charge in [-0.2, -0.15) is 0 Å². The van der Waals surface area contributed by atoms with Crippen molar-refractivity contribution in [3.05, 3.63) is 87.4 Å². The van der Waals surface area contributed by atoms with Crippen LogP contribution in [0.25, 0.3) is 0 Å². The molecule has 0 spiro atoms. The van der Waals surface area contributed by atoms with Crippen molar-refractivity contribution in [2.24, 2.45) is 4.99 Å². The summed E-state index contributed by atoms with van der Waals surface area (Å²) in [6.45, 7) is 5.81. The summed E-state index contributed by atoms with van der Waals surface area (Å²) in [7, 11) is 3.09. The molecule has 2 atom stereocenters. The van der Waals surface area contributed by atoms with Crippen molar-refractivity contribution in [2.45, 2.75) is 63.8 Å². The van der Waals surface area contributed by atoms with Crippen LogP contribution in [-0.4, -0.2) is 61.5 Å². The van der Waals surface area contributed by atoms with Gasteiger partial charge in [0.2, 0.25) is 5.90 Å². The first kappa shape index (κ1) is 35.9. The number of nitrogens with one attached hydrogen (secondary N) is 1. The second-order valence-electron chi connectivity index (χ2n) is 11.9. The summed E-state index contributed by atoms with van der Waals surface area (Å²) in [6, 6.07) is 17.2. The number of aliphatic hydroxyl groups excluding tert-OH is 1. The highest BCUT2D eigenvalue weighted by Gasteiger charge is 2.54. The van der Waals surface area contributed by atoms with E-state index in [0.717, 1.165) is 5.56 Å². The van der Waals surface area contributed by atoms with Crippen LogP contribution in [-0.2, 0) is 25.6 Å². The predicted octanol–water partition coefficient (Wildman–Crippen LogP) is 6.47. The molecule has 1 aliphatic rings. The number of ether oxygens (including phenoxy) is 5. The van der Waals surface area contributed by atoms with E-state index in [1.165, 1.54) is 0 Å². The molecule has 3 aromatic carbocycles. The van der Waals surface area contributed by atoms with Crippen molar-refractivity contribution in [1.82, 2.24) is 5.32 Å². The second kappa shape index (κ2) is 15.7. The molecule has 0 aromatic heterocycles. The maximum atomic E-state index is 14.5. The Hall–Kier alpha value is -3.99. The molecular weight excluding hydrogens is 647 g/mol. The molecule has 0 radical (unpaired) electrons. The third kappa shape index (κ3) is 9.31. The first-order chi connectivity index (χ1) is 22.4. The molecule has 12 heteroatoms. The summed E-state index contributed by atoms with van der Waals surface area (Å²) >= 11 is 12.9. The molecule has 1 heterocycles. The minimum Gasteiger partial charge on any atom is -0.497 e. The number of aliphatic imine (C=N–C) groups is 1. The number of carbonyl (C=O) groups is 2. The van der Waals surface area contributed by atoms with E-state index in [1.54, 1.807) is 95.7 Å². The van der Waals surface area contributed by atoms with Crippen LogP contribution in [0.4, 0.5) is 0 Å². The molecule has 1 amide bonds. The van der Waals surface area contributed by atoms with Gasteiger partial charge in [-0.25, -0.2) is 4.99 Å². The molecule has 252 valence electrons. The van der Waals surface area contributed by atoms with Gasteiger partial charge in [-0.3, -0.25) is 9.59 Å². The molecule has 3 aromatic rings. The molecule has 0 aliphatic carbocycles. The van der Waals surface area contributed by atoms with E-state index in [0.29, 0.717) is 46.4 Å². The van der Waals surface area contributed by atoms with Crippen LogP contribution < -0.4 is 19.5 Å². The van der Waals surface area contributed by atoms with Crippen molar-refractivity contribution in [1.29, 1.82) is 0 Å². The zero-order valence-corrected chi connectivity index (χ0v) is 28.6. The number of aliphatic hydroxyl groups is 1. The van der Waals surface area contributed by atoms with Crippen molar-refractivity contribution in [3.63, 3.8) is 0 Å². The highest BCUT2D eigenvalue weighted by Crippen LogP contribution is 2.46. The third-order valence-electron chi connectivity index (χ3n) is 7.27. The molecule has 0 fully saturated rings. The number of methoxy groups -OCH3 is 2. The minimum atomic E-state index is -1.64. The van der Waals surface area contributed by atoms with Crippen LogP contribution in [0.15, 0.2) is 65.7 Å². The molecular formula is C35H40Cl2N2O8. The van der Waals surface area contributed by atoms with Crippen molar-refractivity contribution in [2.75, 3.05) is 27.4 Å². The van der Waals surface area contributed by atoms with Crippen molar-refractivity contribution in [3.8, 4) is 17.2 Å². The molecule has 0 saturated carbocycles. The van der Waals surface area contributed by atoms with Gasteiger partial charge in [-0.15, -0.1) is 0 Å². The van der Waals surface area contributed by atoms with Crippen LogP contribution >= 0.6 is 23.2 Å².